The minimum atomic E-state index is -4.54. The summed E-state index contributed by atoms with van der Waals surface area (Å²) >= 11 is 0. The van der Waals surface area contributed by atoms with Crippen molar-refractivity contribution in [1.29, 1.82) is 0 Å². The van der Waals surface area contributed by atoms with Gasteiger partial charge in [0.1, 0.15) is 6.67 Å². The first kappa shape index (κ1) is 14.9. The van der Waals surface area contributed by atoms with Crippen molar-refractivity contribution in [3.63, 3.8) is 0 Å². The van der Waals surface area contributed by atoms with Gasteiger partial charge < -0.3 is 0 Å². The quantitative estimate of drug-likeness (QED) is 0.437. The Morgan fingerprint density at radius 2 is 1.84 bits per heavy atom. The Kier molecular flexibility index (Phi) is 4.45. The molecule has 0 amide bonds. The topological polar surface area (TPSA) is 130 Å². The molecule has 1 aromatic rings. The first-order valence-corrected chi connectivity index (χ1v) is 6.08. The maximum absolute atomic E-state index is 11.9. The average molecular weight is 294 g/mol. The summed E-state index contributed by atoms with van der Waals surface area (Å²) in [5.41, 5.74) is -1.65. The molecule has 104 valence electrons. The van der Waals surface area contributed by atoms with Gasteiger partial charge in [-0.15, -0.1) is 0 Å². The monoisotopic (exact) mass is 294 g/mol. The molecule has 0 unspecified atom stereocenters. The van der Waals surface area contributed by atoms with Crippen LogP contribution in [0.25, 0.3) is 0 Å². The number of rotatable bonds is 6. The second-order valence-corrected chi connectivity index (χ2v) is 4.72. The lowest BCUT2D eigenvalue weighted by atomic mass is 10.3. The number of hydrogen-bond acceptors (Lipinski definition) is 7. The maximum Gasteiger partial charge on any atom is 0.303 e. The van der Waals surface area contributed by atoms with Crippen LogP contribution in [0, 0.1) is 20.2 Å². The number of non-ortho nitro benzene ring substituents is 1. The number of hydrogen-bond donors (Lipinski definition) is 0. The third-order valence-corrected chi connectivity index (χ3v) is 3.30. The lowest BCUT2D eigenvalue weighted by molar-refractivity contribution is -0.396. The largest absolute Gasteiger partial charge is 0.303 e. The van der Waals surface area contributed by atoms with Gasteiger partial charge in [-0.2, -0.15) is 8.42 Å². The van der Waals surface area contributed by atoms with Gasteiger partial charge in [0, 0.05) is 6.07 Å². The van der Waals surface area contributed by atoms with Crippen LogP contribution in [0.4, 0.5) is 15.8 Å². The van der Waals surface area contributed by atoms with Gasteiger partial charge in [-0.25, -0.2) is 4.39 Å². The summed E-state index contributed by atoms with van der Waals surface area (Å²) in [5, 5.41) is 21.2. The van der Waals surface area contributed by atoms with E-state index < -0.39 is 49.5 Å². The second-order valence-electron chi connectivity index (χ2n) is 3.13. The lowest BCUT2D eigenvalue weighted by Crippen LogP contribution is -2.11. The van der Waals surface area contributed by atoms with E-state index in [1.54, 1.807) is 0 Å². The van der Waals surface area contributed by atoms with Crippen LogP contribution in [0.5, 0.6) is 0 Å². The summed E-state index contributed by atoms with van der Waals surface area (Å²) < 4.78 is 39.1. The molecule has 0 heterocycles. The van der Waals surface area contributed by atoms with E-state index in [4.69, 9.17) is 0 Å². The molecule has 0 fully saturated rings. The highest BCUT2D eigenvalue weighted by atomic mass is 32.2. The molecular formula is C8H7FN2O7S. The van der Waals surface area contributed by atoms with Crippen LogP contribution in [0.15, 0.2) is 23.1 Å². The van der Waals surface area contributed by atoms with E-state index in [1.807, 2.05) is 0 Å². The van der Waals surface area contributed by atoms with E-state index in [0.717, 1.165) is 6.07 Å². The molecule has 0 atom stereocenters. The highest BCUT2D eigenvalue weighted by molar-refractivity contribution is 7.87. The molecule has 0 saturated heterocycles. The number of nitro groups is 2. The van der Waals surface area contributed by atoms with Crippen LogP contribution < -0.4 is 0 Å². The van der Waals surface area contributed by atoms with E-state index in [1.165, 1.54) is 0 Å². The molecule has 0 aliphatic heterocycles. The van der Waals surface area contributed by atoms with Crippen molar-refractivity contribution in [1.82, 2.24) is 0 Å². The van der Waals surface area contributed by atoms with Crippen LogP contribution in [0.1, 0.15) is 0 Å². The number of nitrogens with zero attached hydrogens (tertiary/aromatic N) is 2. The Hall–Kier alpha value is -2.14. The molecule has 0 bridgehead atoms. The normalized spacial score (nSPS) is 11.2. The molecule has 0 aliphatic carbocycles. The molecule has 1 rings (SSSR count). The molecule has 19 heavy (non-hydrogen) atoms. The molecule has 0 saturated carbocycles. The third-order valence-electron chi connectivity index (χ3n) is 1.94. The van der Waals surface area contributed by atoms with Gasteiger partial charge in [0.15, 0.2) is 4.90 Å². The maximum atomic E-state index is 11.9. The minimum Gasteiger partial charge on any atom is -0.263 e. The second kappa shape index (κ2) is 5.67. The molecule has 1 aromatic carbocycles. The van der Waals surface area contributed by atoms with Crippen molar-refractivity contribution in [3.05, 3.63) is 38.4 Å². The van der Waals surface area contributed by atoms with E-state index in [0.29, 0.717) is 12.1 Å². The summed E-state index contributed by atoms with van der Waals surface area (Å²) in [6.07, 6.45) is 0. The van der Waals surface area contributed by atoms with Crippen molar-refractivity contribution < 1.29 is 26.8 Å². The highest BCUT2D eigenvalue weighted by Crippen LogP contribution is 2.29. The molecule has 0 spiro atoms. The molecule has 0 radical (unpaired) electrons. The van der Waals surface area contributed by atoms with Crippen molar-refractivity contribution in [2.45, 2.75) is 4.90 Å². The Balaban J connectivity index is 3.36. The van der Waals surface area contributed by atoms with Crippen molar-refractivity contribution >= 4 is 21.5 Å². The van der Waals surface area contributed by atoms with E-state index in [9.17, 15) is 33.0 Å². The number of alkyl halides is 1. The fraction of sp³-hybridized carbons (Fsp3) is 0.250. The van der Waals surface area contributed by atoms with Crippen LogP contribution in [-0.4, -0.2) is 31.5 Å². The lowest BCUT2D eigenvalue weighted by Gasteiger charge is -2.04. The van der Waals surface area contributed by atoms with Crippen molar-refractivity contribution in [3.8, 4) is 0 Å². The van der Waals surface area contributed by atoms with Gasteiger partial charge in [-0.3, -0.25) is 24.4 Å². The predicted octanol–water partition coefficient (Wildman–Crippen LogP) is 1.18. The molecule has 0 aliphatic rings. The Morgan fingerprint density at radius 1 is 1.21 bits per heavy atom. The van der Waals surface area contributed by atoms with Gasteiger partial charge in [0.05, 0.1) is 22.5 Å². The first-order valence-electron chi connectivity index (χ1n) is 4.68. The van der Waals surface area contributed by atoms with Crippen LogP contribution >= 0.6 is 0 Å². The minimum absolute atomic E-state index is 0.492. The number of nitro benzene ring substituents is 2. The van der Waals surface area contributed by atoms with Crippen molar-refractivity contribution in [2.24, 2.45) is 0 Å². The molecular weight excluding hydrogens is 287 g/mol. The summed E-state index contributed by atoms with van der Waals surface area (Å²) in [6, 6.07) is 1.94. The van der Waals surface area contributed by atoms with Crippen molar-refractivity contribution in [2.75, 3.05) is 13.3 Å². The van der Waals surface area contributed by atoms with Gasteiger partial charge in [0.25, 0.3) is 11.4 Å². The molecule has 0 N–H and O–H groups in total. The zero-order valence-electron chi connectivity index (χ0n) is 9.18. The Bertz CT molecular complexity index is 616. The van der Waals surface area contributed by atoms with E-state index >= 15 is 0 Å². The van der Waals surface area contributed by atoms with Gasteiger partial charge >= 0.3 is 10.1 Å². The fourth-order valence-electron chi connectivity index (χ4n) is 1.18. The van der Waals surface area contributed by atoms with E-state index in [-0.39, 0.29) is 0 Å². The van der Waals surface area contributed by atoms with Gasteiger partial charge in [0.2, 0.25) is 0 Å². The Labute approximate surface area is 106 Å². The number of halogens is 1. The van der Waals surface area contributed by atoms with Crippen LogP contribution in [-0.2, 0) is 14.3 Å². The zero-order chi connectivity index (χ0) is 14.6. The van der Waals surface area contributed by atoms with Gasteiger partial charge in [-0.05, 0) is 6.07 Å². The Morgan fingerprint density at radius 3 is 2.32 bits per heavy atom. The molecule has 0 aromatic heterocycles. The summed E-state index contributed by atoms with van der Waals surface area (Å²) in [4.78, 5) is 18.3. The molecule has 11 heteroatoms. The van der Waals surface area contributed by atoms with Crippen LogP contribution in [0.2, 0.25) is 0 Å². The summed E-state index contributed by atoms with van der Waals surface area (Å²) in [6.45, 7) is -1.89. The SMILES string of the molecule is O=[N+]([O-])c1ccc(S(=O)(=O)OCCF)c([N+](=O)[O-])c1. The summed E-state index contributed by atoms with van der Waals surface area (Å²) in [5.74, 6) is 0. The van der Waals surface area contributed by atoms with E-state index in [2.05, 4.69) is 4.18 Å². The zero-order valence-corrected chi connectivity index (χ0v) is 10.0. The standard InChI is InChI=1S/C8H7FN2O7S/c9-3-4-18-19(16,17)8-2-1-6(10(12)13)5-7(8)11(14)15/h1-2,5H,3-4H2. The summed E-state index contributed by atoms with van der Waals surface area (Å²) in [7, 11) is -4.54. The van der Waals surface area contributed by atoms with Gasteiger partial charge in [-0.1, -0.05) is 0 Å². The fourth-order valence-corrected chi connectivity index (χ4v) is 2.21. The predicted molar refractivity (Wildman–Crippen MR) is 58.9 cm³/mol. The third kappa shape index (κ3) is 3.42. The number of benzene rings is 1. The van der Waals surface area contributed by atoms with Crippen LogP contribution in [0.3, 0.4) is 0 Å². The first-order chi connectivity index (χ1) is 8.79. The smallest absolute Gasteiger partial charge is 0.263 e. The average Bonchev–Trinajstić information content (AvgIpc) is 2.35. The highest BCUT2D eigenvalue weighted by Gasteiger charge is 2.29. The molecule has 9 nitrogen and oxygen atoms in total.